The van der Waals surface area contributed by atoms with Crippen LogP contribution in [0.5, 0.6) is 0 Å². The van der Waals surface area contributed by atoms with Gasteiger partial charge >= 0.3 is 0 Å². The second-order valence-electron chi connectivity index (χ2n) is 4.40. The molecule has 0 bridgehead atoms. The van der Waals surface area contributed by atoms with Crippen molar-refractivity contribution in [2.75, 3.05) is 11.5 Å². The zero-order chi connectivity index (χ0) is 11.5. The van der Waals surface area contributed by atoms with Gasteiger partial charge in [0.15, 0.2) is 0 Å². The lowest BCUT2D eigenvalue weighted by molar-refractivity contribution is 0.465. The summed E-state index contributed by atoms with van der Waals surface area (Å²) in [6.45, 7) is 2.86. The first kappa shape index (κ1) is 11.8. The molecule has 0 atom stereocenters. The molecule has 0 unspecified atom stereocenters. The van der Waals surface area contributed by atoms with Gasteiger partial charge in [0.05, 0.1) is 11.4 Å². The third-order valence-electron chi connectivity index (χ3n) is 3.06. The molecule has 1 N–H and O–H groups in total. The van der Waals surface area contributed by atoms with Gasteiger partial charge in [-0.3, -0.25) is 8.89 Å². The molecule has 1 aromatic rings. The Hall–Kier alpha value is -0.680. The Morgan fingerprint density at radius 2 is 2.25 bits per heavy atom. The molecule has 1 aliphatic rings. The van der Waals surface area contributed by atoms with Gasteiger partial charge in [-0.2, -0.15) is 5.10 Å². The molecule has 0 aliphatic carbocycles. The summed E-state index contributed by atoms with van der Waals surface area (Å²) in [5, 5.41) is 7.83. The Bertz CT molecular complexity index is 379. The van der Waals surface area contributed by atoms with E-state index in [1.165, 1.54) is 5.69 Å². The molecular formula is C11H19N3OS. The minimum absolute atomic E-state index is 0.521. The van der Waals surface area contributed by atoms with Crippen molar-refractivity contribution < 1.29 is 4.21 Å². The van der Waals surface area contributed by atoms with E-state index >= 15 is 0 Å². The average Bonchev–Trinajstić information content (AvgIpc) is 2.57. The predicted octanol–water partition coefficient (Wildman–Crippen LogP) is 0.729. The van der Waals surface area contributed by atoms with Crippen molar-refractivity contribution in [2.45, 2.75) is 32.4 Å². The summed E-state index contributed by atoms with van der Waals surface area (Å²) < 4.78 is 13.1. The number of hydrogen-bond acceptors (Lipinski definition) is 3. The molecule has 4 nitrogen and oxygen atoms in total. The molecule has 2 rings (SSSR count). The monoisotopic (exact) mass is 241 g/mol. The zero-order valence-electron chi connectivity index (χ0n) is 9.90. The van der Waals surface area contributed by atoms with E-state index in [9.17, 15) is 4.21 Å². The lowest BCUT2D eigenvalue weighted by Crippen LogP contribution is -2.35. The molecule has 16 heavy (non-hydrogen) atoms. The first-order valence-corrected chi connectivity index (χ1v) is 7.22. The highest BCUT2D eigenvalue weighted by Crippen LogP contribution is 2.10. The van der Waals surface area contributed by atoms with Crippen LogP contribution in [0.1, 0.15) is 24.2 Å². The van der Waals surface area contributed by atoms with Gasteiger partial charge in [0, 0.05) is 41.9 Å². The summed E-state index contributed by atoms with van der Waals surface area (Å²) in [5.74, 6) is 1.70. The number of hydrogen-bond donors (Lipinski definition) is 1. The van der Waals surface area contributed by atoms with Crippen LogP contribution in [0.15, 0.2) is 6.07 Å². The fourth-order valence-corrected chi connectivity index (χ4v) is 3.38. The van der Waals surface area contributed by atoms with Gasteiger partial charge < -0.3 is 5.32 Å². The molecule has 0 aromatic carbocycles. The Labute approximate surface area is 98.9 Å². The quantitative estimate of drug-likeness (QED) is 0.848. The van der Waals surface area contributed by atoms with Crippen LogP contribution >= 0.6 is 0 Å². The lowest BCUT2D eigenvalue weighted by Gasteiger charge is -2.22. The Kier molecular flexibility index (Phi) is 3.76. The summed E-state index contributed by atoms with van der Waals surface area (Å²) in [7, 11) is 1.41. The maximum absolute atomic E-state index is 11.2. The van der Waals surface area contributed by atoms with Gasteiger partial charge in [0.25, 0.3) is 0 Å². The average molecular weight is 241 g/mol. The fourth-order valence-electron chi connectivity index (χ4n) is 2.08. The van der Waals surface area contributed by atoms with Crippen molar-refractivity contribution in [3.8, 4) is 0 Å². The largest absolute Gasteiger partial charge is 0.308 e. The summed E-state index contributed by atoms with van der Waals surface area (Å²) in [6, 6.07) is 2.63. The van der Waals surface area contributed by atoms with Crippen LogP contribution in [0.4, 0.5) is 0 Å². The summed E-state index contributed by atoms with van der Waals surface area (Å²) in [5.41, 5.74) is 2.27. The van der Waals surface area contributed by atoms with Crippen molar-refractivity contribution >= 4 is 10.8 Å². The highest BCUT2D eigenvalue weighted by molar-refractivity contribution is 7.85. The van der Waals surface area contributed by atoms with E-state index in [-0.39, 0.29) is 0 Å². The first-order chi connectivity index (χ1) is 7.65. The molecule has 0 radical (unpaired) electrons. The van der Waals surface area contributed by atoms with Gasteiger partial charge in [-0.05, 0) is 25.8 Å². The van der Waals surface area contributed by atoms with E-state index in [1.807, 2.05) is 18.7 Å². The lowest BCUT2D eigenvalue weighted by atomic mass is 10.1. The maximum atomic E-state index is 11.2. The second-order valence-corrected chi connectivity index (χ2v) is 6.10. The van der Waals surface area contributed by atoms with E-state index in [2.05, 4.69) is 16.5 Å². The number of nitrogens with one attached hydrogen (secondary N) is 1. The molecule has 0 saturated carbocycles. The van der Waals surface area contributed by atoms with Gasteiger partial charge in [0.2, 0.25) is 0 Å². The Morgan fingerprint density at radius 1 is 1.56 bits per heavy atom. The number of aromatic nitrogens is 2. The third kappa shape index (κ3) is 2.92. The van der Waals surface area contributed by atoms with Crippen molar-refractivity contribution in [1.82, 2.24) is 15.1 Å². The van der Waals surface area contributed by atoms with Crippen LogP contribution in [0, 0.1) is 6.92 Å². The topological polar surface area (TPSA) is 46.9 Å². The van der Waals surface area contributed by atoms with E-state index in [4.69, 9.17) is 0 Å². The minimum Gasteiger partial charge on any atom is -0.308 e. The smallest absolute Gasteiger partial charge is 0.0597 e. The Balaban J connectivity index is 1.83. The fraction of sp³-hybridized carbons (Fsp3) is 0.727. The van der Waals surface area contributed by atoms with Crippen LogP contribution < -0.4 is 5.32 Å². The molecule has 1 saturated heterocycles. The van der Waals surface area contributed by atoms with Crippen molar-refractivity contribution in [1.29, 1.82) is 0 Å². The minimum atomic E-state index is -0.567. The normalized spacial score (nSPS) is 25.9. The molecule has 90 valence electrons. The van der Waals surface area contributed by atoms with Crippen LogP contribution in [-0.2, 0) is 24.4 Å². The van der Waals surface area contributed by atoms with Crippen molar-refractivity contribution in [3.63, 3.8) is 0 Å². The highest BCUT2D eigenvalue weighted by atomic mass is 32.2. The van der Waals surface area contributed by atoms with Gasteiger partial charge in [0.1, 0.15) is 0 Å². The highest BCUT2D eigenvalue weighted by Gasteiger charge is 2.17. The van der Waals surface area contributed by atoms with Crippen LogP contribution in [0.2, 0.25) is 0 Å². The predicted molar refractivity (Wildman–Crippen MR) is 65.7 cm³/mol. The van der Waals surface area contributed by atoms with Crippen LogP contribution in [0.3, 0.4) is 0 Å². The zero-order valence-corrected chi connectivity index (χ0v) is 10.7. The van der Waals surface area contributed by atoms with E-state index < -0.39 is 10.8 Å². The molecule has 0 amide bonds. The first-order valence-electron chi connectivity index (χ1n) is 5.73. The molecule has 1 aromatic heterocycles. The van der Waals surface area contributed by atoms with Gasteiger partial charge in [-0.15, -0.1) is 0 Å². The molecular weight excluding hydrogens is 222 g/mol. The SMILES string of the molecule is Cc1cc(CNC2CCS(=O)CC2)n(C)n1. The standard InChI is InChI=1S/C11H19N3OS/c1-9-7-11(14(2)13-9)8-12-10-3-5-16(15)6-4-10/h7,10,12H,3-6,8H2,1-2H3. The molecule has 1 aliphatic heterocycles. The second kappa shape index (κ2) is 5.10. The van der Waals surface area contributed by atoms with Crippen molar-refractivity contribution in [2.24, 2.45) is 7.05 Å². The van der Waals surface area contributed by atoms with E-state index in [1.54, 1.807) is 0 Å². The Morgan fingerprint density at radius 3 is 2.81 bits per heavy atom. The van der Waals surface area contributed by atoms with E-state index in [0.717, 1.165) is 36.6 Å². The summed E-state index contributed by atoms with van der Waals surface area (Å²) >= 11 is 0. The molecule has 5 heteroatoms. The van der Waals surface area contributed by atoms with E-state index in [0.29, 0.717) is 6.04 Å². The number of rotatable bonds is 3. The van der Waals surface area contributed by atoms with Crippen LogP contribution in [-0.4, -0.2) is 31.5 Å². The maximum Gasteiger partial charge on any atom is 0.0597 e. The third-order valence-corrected chi connectivity index (χ3v) is 4.44. The number of aryl methyl sites for hydroxylation is 2. The number of nitrogens with zero attached hydrogens (tertiary/aromatic N) is 2. The van der Waals surface area contributed by atoms with Crippen LogP contribution in [0.25, 0.3) is 0 Å². The van der Waals surface area contributed by atoms with Gasteiger partial charge in [-0.1, -0.05) is 0 Å². The molecule has 0 spiro atoms. The summed E-state index contributed by atoms with van der Waals surface area (Å²) in [6.07, 6.45) is 2.06. The molecule has 2 heterocycles. The van der Waals surface area contributed by atoms with Gasteiger partial charge in [-0.25, -0.2) is 0 Å². The summed E-state index contributed by atoms with van der Waals surface area (Å²) in [4.78, 5) is 0. The molecule has 1 fully saturated rings. The van der Waals surface area contributed by atoms with Crippen molar-refractivity contribution in [3.05, 3.63) is 17.5 Å².